The van der Waals surface area contributed by atoms with Crippen molar-refractivity contribution < 1.29 is 50.7 Å². The third-order valence-corrected chi connectivity index (χ3v) is 15.5. The first-order valence-corrected chi connectivity index (χ1v) is 18.6. The molecule has 0 bridgehead atoms. The first kappa shape index (κ1) is 33.9. The largest absolute Gasteiger partial charge is 0.391 e. The van der Waals surface area contributed by atoms with Crippen LogP contribution < -0.4 is 4.72 Å². The van der Waals surface area contributed by atoms with E-state index < -0.39 is 84.8 Å². The highest BCUT2D eigenvalue weighted by Gasteiger charge is 2.73. The maximum absolute atomic E-state index is 13.0. The summed E-state index contributed by atoms with van der Waals surface area (Å²) in [6, 6.07) is 0. The van der Waals surface area contributed by atoms with E-state index in [9.17, 15) is 32.2 Å². The molecule has 0 spiro atoms. The summed E-state index contributed by atoms with van der Waals surface area (Å²) in [5.41, 5.74) is -1.26. The predicted molar refractivity (Wildman–Crippen MR) is 156 cm³/mol. The summed E-state index contributed by atoms with van der Waals surface area (Å²) in [7, 11) is -7.39. The fraction of sp³-hybridized carbons (Fsp3) is 1.00. The van der Waals surface area contributed by atoms with Crippen molar-refractivity contribution in [3.8, 4) is 0 Å². The average Bonchev–Trinajstić information content (AvgIpc) is 3.18. The van der Waals surface area contributed by atoms with Gasteiger partial charge in [-0.3, -0.25) is 4.18 Å². The summed E-state index contributed by atoms with van der Waals surface area (Å²) in [5.74, 6) is -1.65. The van der Waals surface area contributed by atoms with Crippen molar-refractivity contribution in [1.29, 1.82) is 0 Å². The Balaban J connectivity index is 1.59. The van der Waals surface area contributed by atoms with Gasteiger partial charge in [0.05, 0.1) is 30.5 Å². The Hall–Kier alpha value is -0.420. The van der Waals surface area contributed by atoms with Crippen molar-refractivity contribution in [2.75, 3.05) is 7.05 Å². The molecule has 5 fully saturated rings. The lowest BCUT2D eigenvalue weighted by molar-refractivity contribution is -0.241. The van der Waals surface area contributed by atoms with Crippen LogP contribution in [-0.2, 0) is 33.7 Å². The number of fused-ring (bicyclic) bond motifs is 7. The minimum atomic E-state index is -4.51. The van der Waals surface area contributed by atoms with E-state index in [1.165, 1.54) is 7.05 Å². The molecule has 5 N–H and O–H groups in total. The molecular weight excluding hydrogens is 602 g/mol. The van der Waals surface area contributed by atoms with Gasteiger partial charge < -0.3 is 20.1 Å². The van der Waals surface area contributed by atoms with Crippen molar-refractivity contribution in [1.82, 2.24) is 4.72 Å². The smallest absolute Gasteiger partial charge is 0.335 e. The van der Waals surface area contributed by atoms with Gasteiger partial charge in [0.25, 0.3) is 10.1 Å². The molecule has 0 aromatic rings. The highest BCUT2D eigenvalue weighted by atomic mass is 32.2. The van der Waals surface area contributed by atoms with E-state index in [0.717, 1.165) is 6.42 Å². The molecule has 0 amide bonds. The van der Waals surface area contributed by atoms with Gasteiger partial charge in [-0.05, 0) is 78.4 Å². The van der Waals surface area contributed by atoms with Crippen LogP contribution in [0.4, 0.5) is 0 Å². The number of aliphatic hydroxyl groups excluding tert-OH is 3. The Bertz CT molecular complexity index is 1260. The van der Waals surface area contributed by atoms with Gasteiger partial charge in [0, 0.05) is 18.9 Å². The number of ether oxygens (including phenoxy) is 1. The average molecular weight is 654 g/mol. The highest BCUT2D eigenvalue weighted by molar-refractivity contribution is 7.87. The Morgan fingerprint density at radius 2 is 1.53 bits per heavy atom. The lowest BCUT2D eigenvalue weighted by Crippen LogP contribution is -2.69. The summed E-state index contributed by atoms with van der Waals surface area (Å²) < 4.78 is 69.6. The van der Waals surface area contributed by atoms with E-state index in [4.69, 9.17) is 14.2 Å². The van der Waals surface area contributed by atoms with Crippen LogP contribution in [-0.4, -0.2) is 86.3 Å². The van der Waals surface area contributed by atoms with Gasteiger partial charge in [0.2, 0.25) is 0 Å². The molecule has 16 atom stereocenters. The van der Waals surface area contributed by atoms with Gasteiger partial charge in [0.15, 0.2) is 0 Å². The summed E-state index contributed by atoms with van der Waals surface area (Å²) in [5, 5.41) is 42.4. The van der Waals surface area contributed by atoms with Crippen molar-refractivity contribution in [3.05, 3.63) is 0 Å². The van der Waals surface area contributed by atoms with Crippen molar-refractivity contribution in [2.24, 2.45) is 58.2 Å². The van der Waals surface area contributed by atoms with Crippen LogP contribution in [0.25, 0.3) is 0 Å². The Morgan fingerprint density at radius 1 is 0.907 bits per heavy atom. The van der Waals surface area contributed by atoms with Gasteiger partial charge in [-0.15, -0.1) is 4.33 Å². The van der Waals surface area contributed by atoms with Gasteiger partial charge in [-0.25, -0.2) is 5.26 Å². The maximum Gasteiger partial charge on any atom is 0.335 e. The lowest BCUT2D eigenvalue weighted by Gasteiger charge is -2.64. The Labute approximate surface area is 256 Å². The molecule has 43 heavy (non-hydrogen) atoms. The first-order chi connectivity index (χ1) is 19.9. The van der Waals surface area contributed by atoms with Crippen LogP contribution in [0, 0.1) is 58.2 Å². The Morgan fingerprint density at radius 3 is 2.12 bits per heavy atom. The molecule has 1 aliphatic heterocycles. The molecule has 0 unspecified atom stereocenters. The SMILES string of the molecule is CNS(=O)(=O)O[C@@H]1[C@H]2O[C@@H]([C@@H](C)C(C)C)C[C@@H](C)[C@@H]2[C@@]2(C)CC[C@H]3[C@@H]([C@@H](O)[C@@H](O)[C@H]4[C@@H](O)[C@H](S(=O)(=O)OO)CC[C@@]43C)[C@H]12. The van der Waals surface area contributed by atoms with E-state index in [0.29, 0.717) is 25.2 Å². The van der Waals surface area contributed by atoms with Gasteiger partial charge in [-0.2, -0.15) is 21.6 Å². The van der Waals surface area contributed by atoms with Gasteiger partial charge in [-0.1, -0.05) is 41.5 Å². The molecule has 0 aromatic heterocycles. The first-order valence-electron chi connectivity index (χ1n) is 15.7. The highest BCUT2D eigenvalue weighted by Crippen LogP contribution is 2.70. The van der Waals surface area contributed by atoms with Crippen LogP contribution in [0.2, 0.25) is 0 Å². The van der Waals surface area contributed by atoms with Crippen LogP contribution in [0.15, 0.2) is 0 Å². The number of nitrogens with one attached hydrogen (secondary N) is 1. The summed E-state index contributed by atoms with van der Waals surface area (Å²) in [6.07, 6.45) is -3.58. The molecule has 4 saturated carbocycles. The second kappa shape index (κ2) is 11.4. The summed E-state index contributed by atoms with van der Waals surface area (Å²) in [6.45, 7) is 12.7. The van der Waals surface area contributed by atoms with Crippen molar-refractivity contribution >= 4 is 20.4 Å². The zero-order valence-electron chi connectivity index (χ0n) is 26.2. The molecule has 0 aromatic carbocycles. The van der Waals surface area contributed by atoms with Crippen molar-refractivity contribution in [2.45, 2.75) is 116 Å². The predicted octanol–water partition coefficient (Wildman–Crippen LogP) is 1.90. The van der Waals surface area contributed by atoms with Gasteiger partial charge >= 0.3 is 10.3 Å². The van der Waals surface area contributed by atoms with Gasteiger partial charge in [0.1, 0.15) is 11.4 Å². The van der Waals surface area contributed by atoms with Crippen LogP contribution in [0.3, 0.4) is 0 Å². The fourth-order valence-electron chi connectivity index (χ4n) is 10.7. The van der Waals surface area contributed by atoms with Crippen LogP contribution in [0.1, 0.15) is 73.6 Å². The fourth-order valence-corrected chi connectivity index (χ4v) is 12.4. The lowest BCUT2D eigenvalue weighted by atomic mass is 9.42. The van der Waals surface area contributed by atoms with Crippen molar-refractivity contribution in [3.63, 3.8) is 0 Å². The summed E-state index contributed by atoms with van der Waals surface area (Å²) >= 11 is 0. The number of hydrogen-bond acceptors (Lipinski definition) is 11. The molecule has 4 aliphatic carbocycles. The minimum Gasteiger partial charge on any atom is -0.391 e. The van der Waals surface area contributed by atoms with E-state index in [1.54, 1.807) is 0 Å². The standard InChI is InChI=1S/C29H51NO11S2/c1-13(2)15(4)17-12-14(3)20-26(39-17)27(40-43(37,38)30-7)21-19-16(8-10-29(20,21)6)28(5)11-9-18(42(35,36)41-34)23(31)22(28)25(33)24(19)32/h13-27,30-34H,8-12H2,1-7H3/t14-,15+,16+,17-,18-,19-,20+,21-,22-,23+,24-,25+,26+,27+,28-,29-/m1/s1. The van der Waals surface area contributed by atoms with E-state index in [1.807, 2.05) is 6.92 Å². The second-order valence-electron chi connectivity index (χ2n) is 15.1. The molecule has 14 heteroatoms. The zero-order valence-corrected chi connectivity index (χ0v) is 27.8. The Kier molecular flexibility index (Phi) is 8.98. The minimum absolute atomic E-state index is 0.000736. The molecule has 250 valence electrons. The van der Waals surface area contributed by atoms with Crippen LogP contribution in [0.5, 0.6) is 0 Å². The zero-order chi connectivity index (χ0) is 32.0. The molecular formula is C29H51NO11S2. The molecule has 0 radical (unpaired) electrons. The molecule has 12 nitrogen and oxygen atoms in total. The number of aliphatic hydroxyl groups is 3. The third kappa shape index (κ3) is 5.14. The molecule has 1 saturated heterocycles. The van der Waals surface area contributed by atoms with Crippen LogP contribution >= 0.6 is 0 Å². The monoisotopic (exact) mass is 653 g/mol. The van der Waals surface area contributed by atoms with E-state index in [2.05, 4.69) is 43.7 Å². The topological polar surface area (TPSA) is 189 Å². The maximum atomic E-state index is 13.0. The van der Waals surface area contributed by atoms with E-state index >= 15 is 0 Å². The summed E-state index contributed by atoms with van der Waals surface area (Å²) in [4.78, 5) is 0. The quantitative estimate of drug-likeness (QED) is 0.199. The number of hydrogen-bond donors (Lipinski definition) is 5. The third-order valence-electron chi connectivity index (χ3n) is 13.0. The van der Waals surface area contributed by atoms with E-state index in [-0.39, 0.29) is 36.2 Å². The normalized spacial score (nSPS) is 50.8. The molecule has 5 rings (SSSR count). The number of rotatable bonds is 7. The molecule has 5 aliphatic rings. The molecule has 1 heterocycles. The second-order valence-corrected chi connectivity index (χ2v) is 18.4.